The molecule has 1 amide bonds. The summed E-state index contributed by atoms with van der Waals surface area (Å²) in [4.78, 5) is 34.5. The molecule has 3 aromatic rings. The molecule has 0 spiro atoms. The van der Waals surface area contributed by atoms with Gasteiger partial charge in [0, 0.05) is 49.7 Å². The molecule has 8 heteroatoms. The molecule has 0 N–H and O–H groups in total. The number of carbonyl (C=O) groups is 1. The first-order valence-electron chi connectivity index (χ1n) is 12.3. The second kappa shape index (κ2) is 9.56. The van der Waals surface area contributed by atoms with Gasteiger partial charge in [-0.1, -0.05) is 32.9 Å². The van der Waals surface area contributed by atoms with Gasteiger partial charge in [0.1, 0.15) is 17.1 Å². The summed E-state index contributed by atoms with van der Waals surface area (Å²) < 4.78 is 21.7. The number of amides is 1. The summed E-state index contributed by atoms with van der Waals surface area (Å²) in [6.45, 7) is 14.3. The van der Waals surface area contributed by atoms with Crippen LogP contribution >= 0.6 is 0 Å². The van der Waals surface area contributed by atoms with Crippen LogP contribution in [0.1, 0.15) is 41.5 Å². The van der Waals surface area contributed by atoms with Crippen LogP contribution in [0.3, 0.4) is 0 Å². The molecule has 0 atom stereocenters. The second-order valence-corrected chi connectivity index (χ2v) is 11.5. The van der Waals surface area contributed by atoms with Crippen LogP contribution in [0.4, 0.5) is 14.9 Å². The minimum atomic E-state index is -0.552. The quantitative estimate of drug-likeness (QED) is 0.494. The first-order chi connectivity index (χ1) is 16.8. The summed E-state index contributed by atoms with van der Waals surface area (Å²) >= 11 is 0. The van der Waals surface area contributed by atoms with E-state index in [1.54, 1.807) is 39.8 Å². The zero-order chi connectivity index (χ0) is 26.3. The maximum absolute atomic E-state index is 14.5. The lowest BCUT2D eigenvalue weighted by molar-refractivity contribution is 0.0240. The van der Waals surface area contributed by atoms with Crippen LogP contribution in [0.25, 0.3) is 22.3 Å². The Morgan fingerprint density at radius 3 is 2.28 bits per heavy atom. The monoisotopic (exact) mass is 494 g/mol. The van der Waals surface area contributed by atoms with Crippen LogP contribution in [0.15, 0.2) is 47.3 Å². The van der Waals surface area contributed by atoms with Crippen LogP contribution in [-0.2, 0) is 11.3 Å². The molecule has 192 valence electrons. The zero-order valence-electron chi connectivity index (χ0n) is 22.0. The third kappa shape index (κ3) is 5.69. The van der Waals surface area contributed by atoms with Gasteiger partial charge in [0.25, 0.3) is 5.56 Å². The molecule has 2 aromatic heterocycles. The molecule has 0 radical (unpaired) electrons. The summed E-state index contributed by atoms with van der Waals surface area (Å²) in [5.74, 6) is -0.358. The Balaban J connectivity index is 1.73. The van der Waals surface area contributed by atoms with Gasteiger partial charge in [-0.25, -0.2) is 14.2 Å². The molecule has 1 aliphatic rings. The number of hydrogen-bond acceptors (Lipinski definition) is 5. The summed E-state index contributed by atoms with van der Waals surface area (Å²) in [6, 6.07) is 11.9. The predicted molar refractivity (Wildman–Crippen MR) is 141 cm³/mol. The van der Waals surface area contributed by atoms with Crippen molar-refractivity contribution in [1.82, 2.24) is 14.5 Å². The number of anilines is 1. The molecule has 1 saturated heterocycles. The highest BCUT2D eigenvalue weighted by Gasteiger charge is 2.28. The maximum Gasteiger partial charge on any atom is 0.410 e. The highest BCUT2D eigenvalue weighted by molar-refractivity contribution is 5.91. The number of carbonyl (C=O) groups excluding carboxylic acids is 1. The highest BCUT2D eigenvalue weighted by Crippen LogP contribution is 2.30. The van der Waals surface area contributed by atoms with Crippen LogP contribution in [0.5, 0.6) is 0 Å². The smallest absolute Gasteiger partial charge is 0.410 e. The first kappa shape index (κ1) is 25.7. The van der Waals surface area contributed by atoms with Gasteiger partial charge in [-0.15, -0.1) is 0 Å². The Morgan fingerprint density at radius 2 is 1.67 bits per heavy atom. The molecule has 1 aliphatic heterocycles. The molecule has 0 aliphatic carbocycles. The molecule has 36 heavy (non-hydrogen) atoms. The standard InChI is InChI=1S/C28H35FN4O3/c1-27(2,3)18-33-24(34)17-23(31-13-15-32(16-14-31)26(35)36-28(4,5)6)20-11-12-22(30-25(20)33)19-9-7-8-10-21(19)29/h7-12,17H,13-16,18H2,1-6H3. The molecule has 0 saturated carbocycles. The van der Waals surface area contributed by atoms with E-state index in [2.05, 4.69) is 25.7 Å². The van der Waals surface area contributed by atoms with Crippen molar-refractivity contribution in [2.24, 2.45) is 5.41 Å². The largest absolute Gasteiger partial charge is 0.444 e. The van der Waals surface area contributed by atoms with Crippen LogP contribution in [0.2, 0.25) is 0 Å². The number of hydrogen-bond donors (Lipinski definition) is 0. The van der Waals surface area contributed by atoms with Crippen molar-refractivity contribution in [3.8, 4) is 11.3 Å². The molecule has 7 nitrogen and oxygen atoms in total. The van der Waals surface area contributed by atoms with E-state index in [0.29, 0.717) is 49.6 Å². The minimum Gasteiger partial charge on any atom is -0.444 e. The third-order valence-corrected chi connectivity index (χ3v) is 5.99. The lowest BCUT2D eigenvalue weighted by Crippen LogP contribution is -2.50. The van der Waals surface area contributed by atoms with Gasteiger partial charge < -0.3 is 14.5 Å². The topological polar surface area (TPSA) is 67.7 Å². The van der Waals surface area contributed by atoms with Crippen molar-refractivity contribution >= 4 is 22.8 Å². The second-order valence-electron chi connectivity index (χ2n) is 11.5. The molecular formula is C28H35FN4O3. The van der Waals surface area contributed by atoms with Crippen molar-refractivity contribution in [2.45, 2.75) is 53.7 Å². The van der Waals surface area contributed by atoms with E-state index in [1.165, 1.54) is 6.07 Å². The van der Waals surface area contributed by atoms with Crippen LogP contribution in [-0.4, -0.2) is 52.3 Å². The lowest BCUT2D eigenvalue weighted by Gasteiger charge is -2.37. The van der Waals surface area contributed by atoms with E-state index in [4.69, 9.17) is 9.72 Å². The summed E-state index contributed by atoms with van der Waals surface area (Å²) in [7, 11) is 0. The van der Waals surface area contributed by atoms with E-state index in [0.717, 1.165) is 11.1 Å². The lowest BCUT2D eigenvalue weighted by atomic mass is 9.96. The van der Waals surface area contributed by atoms with E-state index in [9.17, 15) is 14.0 Å². The zero-order valence-corrected chi connectivity index (χ0v) is 22.0. The number of fused-ring (bicyclic) bond motifs is 1. The number of piperazine rings is 1. The van der Waals surface area contributed by atoms with Gasteiger partial charge in [0.05, 0.1) is 11.4 Å². The Labute approximate surface area is 211 Å². The molecule has 1 aromatic carbocycles. The fraction of sp³-hybridized carbons (Fsp3) is 0.464. The number of ether oxygens (including phenoxy) is 1. The molecule has 3 heterocycles. The first-order valence-corrected chi connectivity index (χ1v) is 12.3. The van der Waals surface area contributed by atoms with E-state index in [-0.39, 0.29) is 22.9 Å². The fourth-order valence-corrected chi connectivity index (χ4v) is 4.40. The SMILES string of the molecule is CC(C)(C)Cn1c(=O)cc(N2CCN(C(=O)OC(C)(C)C)CC2)c2ccc(-c3ccccc3F)nc21. The highest BCUT2D eigenvalue weighted by atomic mass is 19.1. The number of rotatable bonds is 3. The minimum absolute atomic E-state index is 0.153. The van der Waals surface area contributed by atoms with E-state index < -0.39 is 5.60 Å². The van der Waals surface area contributed by atoms with Gasteiger partial charge in [-0.2, -0.15) is 0 Å². The normalized spacial score (nSPS) is 14.9. The van der Waals surface area contributed by atoms with Crippen molar-refractivity contribution in [2.75, 3.05) is 31.1 Å². The summed E-state index contributed by atoms with van der Waals surface area (Å²) in [5.41, 5.74) is 1.32. The van der Waals surface area contributed by atoms with Gasteiger partial charge in [0.15, 0.2) is 0 Å². The molecular weight excluding hydrogens is 459 g/mol. The average Bonchev–Trinajstić information content (AvgIpc) is 2.79. The van der Waals surface area contributed by atoms with Crippen molar-refractivity contribution in [1.29, 1.82) is 0 Å². The van der Waals surface area contributed by atoms with Gasteiger partial charge in [0.2, 0.25) is 0 Å². The summed E-state index contributed by atoms with van der Waals surface area (Å²) in [5, 5.41) is 0.824. The van der Waals surface area contributed by atoms with Crippen molar-refractivity contribution < 1.29 is 13.9 Å². The predicted octanol–water partition coefficient (Wildman–Crippen LogP) is 5.31. The van der Waals surface area contributed by atoms with Crippen LogP contribution in [0, 0.1) is 11.2 Å². The number of benzene rings is 1. The van der Waals surface area contributed by atoms with Gasteiger partial charge in [-0.3, -0.25) is 9.36 Å². The van der Waals surface area contributed by atoms with Crippen LogP contribution < -0.4 is 10.5 Å². The number of aromatic nitrogens is 2. The van der Waals surface area contributed by atoms with Crippen molar-refractivity contribution in [3.63, 3.8) is 0 Å². The molecule has 0 unspecified atom stereocenters. The van der Waals surface area contributed by atoms with E-state index >= 15 is 0 Å². The maximum atomic E-state index is 14.5. The number of nitrogens with zero attached hydrogens (tertiary/aromatic N) is 4. The third-order valence-electron chi connectivity index (χ3n) is 5.99. The van der Waals surface area contributed by atoms with Gasteiger partial charge in [-0.05, 0) is 50.5 Å². The Bertz CT molecular complexity index is 1330. The Morgan fingerprint density at radius 1 is 1.00 bits per heavy atom. The number of halogens is 1. The fourth-order valence-electron chi connectivity index (χ4n) is 4.40. The summed E-state index contributed by atoms with van der Waals surface area (Å²) in [6.07, 6.45) is -0.330. The Hall–Kier alpha value is -3.42. The average molecular weight is 495 g/mol. The molecule has 0 bridgehead atoms. The van der Waals surface area contributed by atoms with Crippen molar-refractivity contribution in [3.05, 3.63) is 58.6 Å². The Kier molecular flexibility index (Phi) is 6.82. The number of pyridine rings is 2. The molecule has 1 fully saturated rings. The van der Waals surface area contributed by atoms with E-state index in [1.807, 2.05) is 26.8 Å². The molecule has 4 rings (SSSR count). The van der Waals surface area contributed by atoms with Gasteiger partial charge >= 0.3 is 6.09 Å².